The van der Waals surface area contributed by atoms with Gasteiger partial charge >= 0.3 is 0 Å². The molecule has 0 fully saturated rings. The standard InChI is InChI=1S/C17H25N5O/c1-11(2)17(23)20-9-6-10-21-16(20)15(13(5)19-21)14-7-8-18-22(14)12(3)4/h7-8,11-12H,6,9-10H2,1-5H3. The quantitative estimate of drug-likeness (QED) is 0.875. The van der Waals surface area contributed by atoms with E-state index in [1.807, 2.05) is 47.3 Å². The Morgan fingerprint density at radius 3 is 2.61 bits per heavy atom. The molecule has 124 valence electrons. The van der Waals surface area contributed by atoms with E-state index in [0.717, 1.165) is 42.3 Å². The number of aromatic nitrogens is 4. The molecular formula is C17H25N5O. The third-order valence-electron chi connectivity index (χ3n) is 4.28. The fourth-order valence-corrected chi connectivity index (χ4v) is 3.23. The second-order valence-corrected chi connectivity index (χ2v) is 6.76. The van der Waals surface area contributed by atoms with Crippen molar-refractivity contribution in [2.75, 3.05) is 11.4 Å². The highest BCUT2D eigenvalue weighted by molar-refractivity contribution is 5.98. The van der Waals surface area contributed by atoms with Gasteiger partial charge in [0.1, 0.15) is 5.82 Å². The minimum absolute atomic E-state index is 0.0281. The predicted molar refractivity (Wildman–Crippen MR) is 90.4 cm³/mol. The first-order valence-electron chi connectivity index (χ1n) is 8.34. The van der Waals surface area contributed by atoms with Crippen LogP contribution >= 0.6 is 0 Å². The van der Waals surface area contributed by atoms with E-state index in [0.29, 0.717) is 0 Å². The first-order valence-corrected chi connectivity index (χ1v) is 8.34. The minimum Gasteiger partial charge on any atom is -0.296 e. The van der Waals surface area contributed by atoms with Crippen LogP contribution in [0.5, 0.6) is 0 Å². The average Bonchev–Trinajstić information content (AvgIpc) is 3.08. The van der Waals surface area contributed by atoms with Crippen LogP contribution in [0.4, 0.5) is 5.82 Å². The SMILES string of the molecule is Cc1nn2c(c1-c1ccnn1C(C)C)N(C(=O)C(C)C)CCC2. The van der Waals surface area contributed by atoms with Gasteiger partial charge in [-0.05, 0) is 33.3 Å². The van der Waals surface area contributed by atoms with Crippen molar-refractivity contribution in [3.63, 3.8) is 0 Å². The van der Waals surface area contributed by atoms with E-state index in [1.165, 1.54) is 0 Å². The molecule has 6 nitrogen and oxygen atoms in total. The molecule has 0 spiro atoms. The van der Waals surface area contributed by atoms with E-state index >= 15 is 0 Å². The molecule has 3 rings (SSSR count). The van der Waals surface area contributed by atoms with Crippen molar-refractivity contribution in [2.45, 2.75) is 53.6 Å². The highest BCUT2D eigenvalue weighted by Gasteiger charge is 2.31. The average molecular weight is 315 g/mol. The fraction of sp³-hybridized carbons (Fsp3) is 0.588. The summed E-state index contributed by atoms with van der Waals surface area (Å²) in [5.41, 5.74) is 3.01. The van der Waals surface area contributed by atoms with Crippen LogP contribution in [-0.2, 0) is 11.3 Å². The lowest BCUT2D eigenvalue weighted by Crippen LogP contribution is -2.40. The van der Waals surface area contributed by atoms with Crippen LogP contribution in [0.3, 0.4) is 0 Å². The monoisotopic (exact) mass is 315 g/mol. The van der Waals surface area contributed by atoms with Crippen molar-refractivity contribution in [3.05, 3.63) is 18.0 Å². The molecule has 1 amide bonds. The summed E-state index contributed by atoms with van der Waals surface area (Å²) in [5.74, 6) is 1.05. The maximum absolute atomic E-state index is 12.7. The summed E-state index contributed by atoms with van der Waals surface area (Å²) in [5, 5.41) is 9.12. The molecule has 0 aromatic carbocycles. The lowest BCUT2D eigenvalue weighted by atomic mass is 10.1. The molecular weight excluding hydrogens is 290 g/mol. The van der Waals surface area contributed by atoms with E-state index in [1.54, 1.807) is 0 Å². The molecule has 1 aliphatic rings. The van der Waals surface area contributed by atoms with Crippen LogP contribution in [0.25, 0.3) is 11.3 Å². The summed E-state index contributed by atoms with van der Waals surface area (Å²) in [6.07, 6.45) is 2.76. The zero-order chi connectivity index (χ0) is 16.7. The number of hydrogen-bond donors (Lipinski definition) is 0. The Morgan fingerprint density at radius 1 is 1.22 bits per heavy atom. The minimum atomic E-state index is -0.0281. The zero-order valence-electron chi connectivity index (χ0n) is 14.6. The van der Waals surface area contributed by atoms with Crippen molar-refractivity contribution in [1.29, 1.82) is 0 Å². The molecule has 0 atom stereocenters. The van der Waals surface area contributed by atoms with Crippen LogP contribution in [0.15, 0.2) is 12.3 Å². The molecule has 6 heteroatoms. The van der Waals surface area contributed by atoms with Gasteiger partial charge in [-0.15, -0.1) is 0 Å². The normalized spacial score (nSPS) is 14.7. The van der Waals surface area contributed by atoms with Crippen LogP contribution in [0.1, 0.15) is 45.9 Å². The first-order chi connectivity index (χ1) is 10.9. The number of anilines is 1. The molecule has 0 radical (unpaired) electrons. The van der Waals surface area contributed by atoms with Gasteiger partial charge in [-0.3, -0.25) is 14.4 Å². The molecule has 2 aromatic rings. The molecule has 2 aromatic heterocycles. The number of hydrogen-bond acceptors (Lipinski definition) is 3. The van der Waals surface area contributed by atoms with Gasteiger partial charge in [-0.25, -0.2) is 4.68 Å². The second-order valence-electron chi connectivity index (χ2n) is 6.76. The molecule has 3 heterocycles. The Hall–Kier alpha value is -2.11. The molecule has 1 aliphatic heterocycles. The Labute approximate surface area is 137 Å². The molecule has 0 saturated carbocycles. The van der Waals surface area contributed by atoms with Crippen molar-refractivity contribution < 1.29 is 4.79 Å². The third-order valence-corrected chi connectivity index (χ3v) is 4.28. The summed E-state index contributed by atoms with van der Waals surface area (Å²) in [4.78, 5) is 14.6. The number of carbonyl (C=O) groups is 1. The Balaban J connectivity index is 2.18. The number of aryl methyl sites for hydroxylation is 2. The lowest BCUT2D eigenvalue weighted by molar-refractivity contribution is -0.121. The lowest BCUT2D eigenvalue weighted by Gasteiger charge is -2.30. The second kappa shape index (κ2) is 5.83. The van der Waals surface area contributed by atoms with Crippen LogP contribution < -0.4 is 4.90 Å². The highest BCUT2D eigenvalue weighted by Crippen LogP contribution is 2.37. The number of carbonyl (C=O) groups excluding carboxylic acids is 1. The van der Waals surface area contributed by atoms with E-state index in [-0.39, 0.29) is 17.9 Å². The predicted octanol–water partition coefficient (Wildman–Crippen LogP) is 3.03. The van der Waals surface area contributed by atoms with Crippen LogP contribution in [-0.4, -0.2) is 32.0 Å². The molecule has 0 bridgehead atoms. The van der Waals surface area contributed by atoms with Gasteiger partial charge in [-0.1, -0.05) is 13.8 Å². The van der Waals surface area contributed by atoms with Gasteiger partial charge in [0.25, 0.3) is 0 Å². The zero-order valence-corrected chi connectivity index (χ0v) is 14.6. The van der Waals surface area contributed by atoms with Crippen molar-refractivity contribution in [3.8, 4) is 11.3 Å². The molecule has 0 N–H and O–H groups in total. The number of nitrogens with zero attached hydrogens (tertiary/aromatic N) is 5. The number of amides is 1. The number of rotatable bonds is 3. The molecule has 23 heavy (non-hydrogen) atoms. The summed E-state index contributed by atoms with van der Waals surface area (Å²) in [6, 6.07) is 2.27. The highest BCUT2D eigenvalue weighted by atomic mass is 16.2. The van der Waals surface area contributed by atoms with Crippen molar-refractivity contribution in [2.24, 2.45) is 5.92 Å². The Morgan fingerprint density at radius 2 is 1.96 bits per heavy atom. The Bertz CT molecular complexity index is 725. The van der Waals surface area contributed by atoms with Crippen LogP contribution in [0, 0.1) is 12.8 Å². The maximum Gasteiger partial charge on any atom is 0.230 e. The van der Waals surface area contributed by atoms with Gasteiger partial charge < -0.3 is 0 Å². The maximum atomic E-state index is 12.7. The molecule has 0 aliphatic carbocycles. The fourth-order valence-electron chi connectivity index (χ4n) is 3.23. The third kappa shape index (κ3) is 2.56. The summed E-state index contributed by atoms with van der Waals surface area (Å²) < 4.78 is 3.98. The molecule has 0 saturated heterocycles. The topological polar surface area (TPSA) is 56.0 Å². The van der Waals surface area contributed by atoms with Gasteiger partial charge in [0.15, 0.2) is 0 Å². The molecule has 0 unspecified atom stereocenters. The van der Waals surface area contributed by atoms with Gasteiger partial charge in [0.05, 0.1) is 17.0 Å². The van der Waals surface area contributed by atoms with E-state index in [4.69, 9.17) is 0 Å². The van der Waals surface area contributed by atoms with E-state index in [9.17, 15) is 4.79 Å². The number of fused-ring (bicyclic) bond motifs is 1. The Kier molecular flexibility index (Phi) is 4.00. The van der Waals surface area contributed by atoms with Crippen LogP contribution in [0.2, 0.25) is 0 Å². The van der Waals surface area contributed by atoms with Gasteiger partial charge in [-0.2, -0.15) is 10.2 Å². The van der Waals surface area contributed by atoms with Crippen molar-refractivity contribution in [1.82, 2.24) is 19.6 Å². The van der Waals surface area contributed by atoms with Gasteiger partial charge in [0.2, 0.25) is 5.91 Å². The van der Waals surface area contributed by atoms with Crippen molar-refractivity contribution >= 4 is 11.7 Å². The van der Waals surface area contributed by atoms with E-state index in [2.05, 4.69) is 24.0 Å². The largest absolute Gasteiger partial charge is 0.296 e. The summed E-state index contributed by atoms with van der Waals surface area (Å²) >= 11 is 0. The van der Waals surface area contributed by atoms with Gasteiger partial charge in [0, 0.05) is 31.2 Å². The summed E-state index contributed by atoms with van der Waals surface area (Å²) in [6.45, 7) is 11.7. The smallest absolute Gasteiger partial charge is 0.230 e. The first kappa shape index (κ1) is 15.8. The van der Waals surface area contributed by atoms with E-state index < -0.39 is 0 Å². The summed E-state index contributed by atoms with van der Waals surface area (Å²) in [7, 11) is 0.